The van der Waals surface area contributed by atoms with E-state index in [1.165, 1.54) is 0 Å². The molecule has 0 saturated carbocycles. The molecule has 1 N–H and O–H groups in total. The van der Waals surface area contributed by atoms with Crippen molar-refractivity contribution in [3.8, 4) is 17.2 Å². The molecule has 0 aliphatic carbocycles. The molecule has 38 heavy (non-hydrogen) atoms. The van der Waals surface area contributed by atoms with Gasteiger partial charge in [0.2, 0.25) is 0 Å². The Hall–Kier alpha value is -3.84. The Balaban J connectivity index is 1.42. The number of halogens is 2. The average molecular weight is 558 g/mol. The molecule has 3 heterocycles. The van der Waals surface area contributed by atoms with E-state index in [9.17, 15) is 0 Å². The highest BCUT2D eigenvalue weighted by Gasteiger charge is 2.42. The fourth-order valence-corrected chi connectivity index (χ4v) is 5.61. The maximum atomic E-state index is 6.63. The zero-order chi connectivity index (χ0) is 26.1. The molecule has 0 radical (unpaired) electrons. The molecule has 2 aromatic heterocycles. The fourth-order valence-electron chi connectivity index (χ4n) is 4.76. The number of hydrogen-bond acceptors (Lipinski definition) is 3. The number of thiocarbonyl (C=S) groups is 1. The number of nitrogens with zero attached hydrogens (tertiary/aromatic N) is 3. The van der Waals surface area contributed by atoms with E-state index in [0.717, 1.165) is 34.3 Å². The van der Waals surface area contributed by atoms with E-state index in [2.05, 4.69) is 25.8 Å². The van der Waals surface area contributed by atoms with Gasteiger partial charge < -0.3 is 19.5 Å². The smallest absolute Gasteiger partial charge is 0.174 e. The third kappa shape index (κ3) is 4.74. The zero-order valence-corrected chi connectivity index (χ0v) is 22.4. The Labute approximate surface area is 236 Å². The summed E-state index contributed by atoms with van der Waals surface area (Å²) in [5.41, 5.74) is 3.66. The summed E-state index contributed by atoms with van der Waals surface area (Å²) < 4.78 is 8.08. The van der Waals surface area contributed by atoms with Crippen LogP contribution < -0.4 is 15.0 Å². The van der Waals surface area contributed by atoms with E-state index in [4.69, 9.17) is 40.2 Å². The summed E-state index contributed by atoms with van der Waals surface area (Å²) in [6, 6.07) is 32.7. The highest BCUT2D eigenvalue weighted by atomic mass is 35.5. The normalized spacial score (nSPS) is 16.9. The van der Waals surface area contributed by atoms with Gasteiger partial charge in [-0.15, -0.1) is 0 Å². The van der Waals surface area contributed by atoms with Crippen molar-refractivity contribution in [1.29, 1.82) is 0 Å². The first-order chi connectivity index (χ1) is 18.6. The van der Waals surface area contributed by atoms with E-state index in [1.54, 1.807) is 12.3 Å². The summed E-state index contributed by atoms with van der Waals surface area (Å²) in [6.07, 6.45) is 3.79. The molecule has 1 aliphatic heterocycles. The molecule has 5 aromatic rings. The lowest BCUT2D eigenvalue weighted by atomic mass is 10.0. The van der Waals surface area contributed by atoms with Crippen LogP contribution in [0, 0.1) is 0 Å². The molecule has 5 nitrogen and oxygen atoms in total. The highest BCUT2D eigenvalue weighted by molar-refractivity contribution is 7.80. The summed E-state index contributed by atoms with van der Waals surface area (Å²) >= 11 is 18.7. The van der Waals surface area contributed by atoms with Gasteiger partial charge in [0.1, 0.15) is 17.5 Å². The minimum atomic E-state index is -0.208. The monoisotopic (exact) mass is 556 g/mol. The summed E-state index contributed by atoms with van der Waals surface area (Å²) in [6.45, 7) is 0. The standard InChI is InChI=1S/C30H22Cl2N4OS/c31-20-11-16-26(24(32)19-20)35-18-6-10-27(35)29-28(25-9-4-5-17-33-25)34-30(38)36(29)21-12-14-23(15-13-21)37-22-7-2-1-3-8-22/h1-19,28-29H,(H,34,38)/t28-,29+/m1/s1. The van der Waals surface area contributed by atoms with Crippen molar-refractivity contribution in [2.75, 3.05) is 4.90 Å². The van der Waals surface area contributed by atoms with Crippen LogP contribution >= 0.6 is 35.4 Å². The van der Waals surface area contributed by atoms with Crippen LogP contribution in [0.3, 0.4) is 0 Å². The predicted molar refractivity (Wildman–Crippen MR) is 157 cm³/mol. The number of benzene rings is 3. The number of hydrogen-bond donors (Lipinski definition) is 1. The van der Waals surface area contributed by atoms with Gasteiger partial charge in [0.25, 0.3) is 0 Å². The quantitative estimate of drug-likeness (QED) is 0.214. The molecule has 1 aliphatic rings. The highest BCUT2D eigenvalue weighted by Crippen LogP contribution is 2.43. The number of pyridine rings is 1. The molecule has 0 spiro atoms. The van der Waals surface area contributed by atoms with Crippen molar-refractivity contribution >= 4 is 46.2 Å². The molecular formula is C30H22Cl2N4OS. The Kier molecular flexibility index (Phi) is 6.77. The molecule has 6 rings (SSSR count). The van der Waals surface area contributed by atoms with Crippen molar-refractivity contribution < 1.29 is 4.74 Å². The van der Waals surface area contributed by atoms with Crippen LogP contribution in [0.5, 0.6) is 11.5 Å². The lowest BCUT2D eigenvalue weighted by molar-refractivity contribution is 0.482. The molecule has 1 fully saturated rings. The van der Waals surface area contributed by atoms with Crippen molar-refractivity contribution in [2.45, 2.75) is 12.1 Å². The fraction of sp³-hybridized carbons (Fsp3) is 0.0667. The van der Waals surface area contributed by atoms with Crippen molar-refractivity contribution in [2.24, 2.45) is 0 Å². The zero-order valence-electron chi connectivity index (χ0n) is 20.0. The second kappa shape index (κ2) is 10.5. The maximum Gasteiger partial charge on any atom is 0.174 e. The van der Waals surface area contributed by atoms with Gasteiger partial charge in [0.15, 0.2) is 5.11 Å². The summed E-state index contributed by atoms with van der Waals surface area (Å²) in [7, 11) is 0. The van der Waals surface area contributed by atoms with Crippen LogP contribution in [-0.4, -0.2) is 14.7 Å². The van der Waals surface area contributed by atoms with Gasteiger partial charge >= 0.3 is 0 Å². The number of ether oxygens (including phenoxy) is 1. The number of rotatable bonds is 6. The molecule has 188 valence electrons. The molecule has 2 atom stereocenters. The lowest BCUT2D eigenvalue weighted by Gasteiger charge is -2.29. The Morgan fingerprint density at radius 1 is 0.816 bits per heavy atom. The van der Waals surface area contributed by atoms with Crippen molar-refractivity contribution in [1.82, 2.24) is 14.9 Å². The lowest BCUT2D eigenvalue weighted by Crippen LogP contribution is -2.30. The van der Waals surface area contributed by atoms with Crippen LogP contribution in [0.25, 0.3) is 5.69 Å². The van der Waals surface area contributed by atoms with E-state index >= 15 is 0 Å². The second-order valence-electron chi connectivity index (χ2n) is 8.80. The first kappa shape index (κ1) is 24.5. The second-order valence-corrected chi connectivity index (χ2v) is 10.0. The van der Waals surface area contributed by atoms with Gasteiger partial charge in [-0.3, -0.25) is 4.98 Å². The Morgan fingerprint density at radius 2 is 1.58 bits per heavy atom. The summed E-state index contributed by atoms with van der Waals surface area (Å²) in [4.78, 5) is 6.78. The minimum Gasteiger partial charge on any atom is -0.457 e. The third-order valence-corrected chi connectivity index (χ3v) is 7.30. The van der Waals surface area contributed by atoms with E-state index in [-0.39, 0.29) is 12.1 Å². The molecular weight excluding hydrogens is 535 g/mol. The third-order valence-electron chi connectivity index (χ3n) is 6.44. The average Bonchev–Trinajstić information content (AvgIpc) is 3.54. The predicted octanol–water partition coefficient (Wildman–Crippen LogP) is 8.15. The van der Waals surface area contributed by atoms with Crippen LogP contribution in [0.1, 0.15) is 23.5 Å². The number of aromatic nitrogens is 2. The first-order valence-corrected chi connectivity index (χ1v) is 13.2. The Bertz CT molecular complexity index is 1580. The molecule has 0 bridgehead atoms. The van der Waals surface area contributed by atoms with Gasteiger partial charge in [-0.1, -0.05) is 47.5 Å². The summed E-state index contributed by atoms with van der Waals surface area (Å²) in [5.74, 6) is 1.52. The molecule has 1 saturated heterocycles. The van der Waals surface area contributed by atoms with Crippen LogP contribution in [-0.2, 0) is 0 Å². The van der Waals surface area contributed by atoms with E-state index < -0.39 is 0 Å². The van der Waals surface area contributed by atoms with E-state index in [1.807, 2.05) is 97.2 Å². The van der Waals surface area contributed by atoms with Crippen molar-refractivity contribution in [3.63, 3.8) is 0 Å². The molecule has 8 heteroatoms. The number of nitrogens with one attached hydrogen (secondary N) is 1. The van der Waals surface area contributed by atoms with Crippen molar-refractivity contribution in [3.05, 3.63) is 137 Å². The molecule has 0 amide bonds. The Morgan fingerprint density at radius 3 is 2.32 bits per heavy atom. The van der Waals surface area contributed by atoms with E-state index in [0.29, 0.717) is 15.2 Å². The SMILES string of the molecule is S=C1N[C@H](c2ccccn2)[C@H](c2cccn2-c2ccc(Cl)cc2Cl)N1c1ccc(Oc2ccccc2)cc1. The van der Waals surface area contributed by atoms with Gasteiger partial charge in [-0.05, 0) is 91.1 Å². The first-order valence-electron chi connectivity index (χ1n) is 12.0. The van der Waals surface area contributed by atoms with Gasteiger partial charge in [-0.25, -0.2) is 0 Å². The maximum absolute atomic E-state index is 6.63. The number of anilines is 1. The minimum absolute atomic E-state index is 0.191. The van der Waals surface area contributed by atoms with Gasteiger partial charge in [0, 0.05) is 28.8 Å². The molecule has 0 unspecified atom stereocenters. The van der Waals surface area contributed by atoms with Gasteiger partial charge in [-0.2, -0.15) is 0 Å². The van der Waals surface area contributed by atoms with Crippen LogP contribution in [0.15, 0.2) is 116 Å². The number of para-hydroxylation sites is 1. The van der Waals surface area contributed by atoms with Crippen LogP contribution in [0.2, 0.25) is 10.0 Å². The molecule has 3 aromatic carbocycles. The summed E-state index contributed by atoms with van der Waals surface area (Å²) in [5, 5.41) is 5.27. The van der Waals surface area contributed by atoms with Crippen LogP contribution in [0.4, 0.5) is 5.69 Å². The largest absolute Gasteiger partial charge is 0.457 e. The topological polar surface area (TPSA) is 42.3 Å². The van der Waals surface area contributed by atoms with Gasteiger partial charge in [0.05, 0.1) is 22.4 Å².